The van der Waals surface area contributed by atoms with Crippen molar-refractivity contribution in [2.45, 2.75) is 39.5 Å². The van der Waals surface area contributed by atoms with Crippen LogP contribution in [0.3, 0.4) is 0 Å². The van der Waals surface area contributed by atoms with Gasteiger partial charge in [0.05, 0.1) is 11.3 Å². The number of hydrogen-bond donors (Lipinski definition) is 1. The molecular formula is C14H19N5O2. The van der Waals surface area contributed by atoms with E-state index in [9.17, 15) is 4.79 Å². The van der Waals surface area contributed by atoms with E-state index in [-0.39, 0.29) is 5.91 Å². The highest BCUT2D eigenvalue weighted by atomic mass is 16.5. The topological polar surface area (TPSA) is 93.8 Å². The van der Waals surface area contributed by atoms with Crippen LogP contribution in [0.15, 0.2) is 17.0 Å². The molecule has 0 spiro atoms. The Hall–Kier alpha value is -2.31. The minimum Gasteiger partial charge on any atom is -0.351 e. The normalized spacial score (nSPS) is 10.6. The first-order chi connectivity index (χ1) is 10.2. The Kier molecular flexibility index (Phi) is 5.36. The average molecular weight is 289 g/mol. The molecule has 0 radical (unpaired) electrons. The summed E-state index contributed by atoms with van der Waals surface area (Å²) in [5.41, 5.74) is 1.30. The quantitative estimate of drug-likeness (QED) is 0.826. The molecule has 112 valence electrons. The number of carbonyl (C=O) groups is 1. The first kappa shape index (κ1) is 15.1. The zero-order chi connectivity index (χ0) is 15.1. The zero-order valence-electron chi connectivity index (χ0n) is 12.3. The molecule has 0 bridgehead atoms. The van der Waals surface area contributed by atoms with Gasteiger partial charge in [-0.2, -0.15) is 4.98 Å². The molecule has 0 fully saturated rings. The van der Waals surface area contributed by atoms with Gasteiger partial charge in [0.1, 0.15) is 6.33 Å². The molecule has 2 aromatic heterocycles. The predicted molar refractivity (Wildman–Crippen MR) is 75.7 cm³/mol. The van der Waals surface area contributed by atoms with E-state index in [2.05, 4.69) is 25.4 Å². The Morgan fingerprint density at radius 1 is 1.33 bits per heavy atom. The van der Waals surface area contributed by atoms with E-state index in [0.29, 0.717) is 30.2 Å². The Morgan fingerprint density at radius 2 is 2.19 bits per heavy atom. The van der Waals surface area contributed by atoms with Crippen molar-refractivity contribution in [3.05, 3.63) is 35.5 Å². The van der Waals surface area contributed by atoms with Gasteiger partial charge in [-0.25, -0.2) is 9.97 Å². The lowest BCUT2D eigenvalue weighted by molar-refractivity contribution is 0.0951. The Morgan fingerprint density at radius 3 is 2.90 bits per heavy atom. The van der Waals surface area contributed by atoms with E-state index in [1.54, 1.807) is 6.20 Å². The van der Waals surface area contributed by atoms with Gasteiger partial charge in [0.25, 0.3) is 5.91 Å². The SMILES string of the molecule is CCCc1ncncc1C(=O)NCCc1nc(CC)no1. The molecule has 2 aromatic rings. The molecule has 1 N–H and O–H groups in total. The average Bonchev–Trinajstić information content (AvgIpc) is 2.96. The molecule has 1 amide bonds. The Bertz CT molecular complexity index is 597. The summed E-state index contributed by atoms with van der Waals surface area (Å²) in [7, 11) is 0. The fraction of sp³-hybridized carbons (Fsp3) is 0.500. The van der Waals surface area contributed by atoms with Crippen LogP contribution in [0.5, 0.6) is 0 Å². The zero-order valence-corrected chi connectivity index (χ0v) is 12.3. The van der Waals surface area contributed by atoms with Gasteiger partial charge in [-0.3, -0.25) is 4.79 Å². The summed E-state index contributed by atoms with van der Waals surface area (Å²) in [6.45, 7) is 4.44. The molecule has 0 atom stereocenters. The van der Waals surface area contributed by atoms with Gasteiger partial charge in [0.2, 0.25) is 5.89 Å². The van der Waals surface area contributed by atoms with Crippen LogP contribution >= 0.6 is 0 Å². The van der Waals surface area contributed by atoms with Crippen LogP contribution in [0.2, 0.25) is 0 Å². The summed E-state index contributed by atoms with van der Waals surface area (Å²) < 4.78 is 5.07. The van der Waals surface area contributed by atoms with Crippen LogP contribution in [0.1, 0.15) is 48.0 Å². The first-order valence-electron chi connectivity index (χ1n) is 7.13. The summed E-state index contributed by atoms with van der Waals surface area (Å²) in [5.74, 6) is 1.04. The number of nitrogens with zero attached hydrogens (tertiary/aromatic N) is 4. The lowest BCUT2D eigenvalue weighted by Crippen LogP contribution is -2.27. The van der Waals surface area contributed by atoms with Gasteiger partial charge in [0, 0.05) is 25.6 Å². The minimum atomic E-state index is -0.172. The number of hydrogen-bond acceptors (Lipinski definition) is 6. The molecule has 2 rings (SSSR count). The lowest BCUT2D eigenvalue weighted by Gasteiger charge is -2.07. The maximum atomic E-state index is 12.1. The molecule has 7 nitrogen and oxygen atoms in total. The molecule has 7 heteroatoms. The third-order valence-electron chi connectivity index (χ3n) is 2.98. The lowest BCUT2D eigenvalue weighted by atomic mass is 10.1. The second kappa shape index (κ2) is 7.47. The number of amides is 1. The van der Waals surface area contributed by atoms with Crippen molar-refractivity contribution in [3.8, 4) is 0 Å². The van der Waals surface area contributed by atoms with Gasteiger partial charge < -0.3 is 9.84 Å². The smallest absolute Gasteiger partial charge is 0.254 e. The van der Waals surface area contributed by atoms with E-state index in [1.807, 2.05) is 13.8 Å². The van der Waals surface area contributed by atoms with Gasteiger partial charge in [-0.05, 0) is 6.42 Å². The van der Waals surface area contributed by atoms with E-state index in [1.165, 1.54) is 6.33 Å². The van der Waals surface area contributed by atoms with Crippen LogP contribution in [0.25, 0.3) is 0 Å². The van der Waals surface area contributed by atoms with Gasteiger partial charge in [-0.15, -0.1) is 0 Å². The largest absolute Gasteiger partial charge is 0.351 e. The predicted octanol–water partition coefficient (Wildman–Crippen LogP) is 1.35. The molecule has 0 aromatic carbocycles. The second-order valence-corrected chi connectivity index (χ2v) is 4.60. The van der Waals surface area contributed by atoms with Crippen molar-refractivity contribution in [1.82, 2.24) is 25.4 Å². The minimum absolute atomic E-state index is 0.172. The summed E-state index contributed by atoms with van der Waals surface area (Å²) >= 11 is 0. The summed E-state index contributed by atoms with van der Waals surface area (Å²) in [6.07, 6.45) is 5.95. The number of aromatic nitrogens is 4. The van der Waals surface area contributed by atoms with Crippen molar-refractivity contribution >= 4 is 5.91 Å². The standard InChI is InChI=1S/C14H19N5O2/c1-3-5-11-10(8-15-9-17-11)14(20)16-7-6-13-18-12(4-2)19-21-13/h8-9H,3-7H2,1-2H3,(H,16,20). The summed E-state index contributed by atoms with van der Waals surface area (Å²) in [4.78, 5) is 24.4. The van der Waals surface area contributed by atoms with E-state index in [0.717, 1.165) is 25.0 Å². The molecule has 0 aliphatic heterocycles. The van der Waals surface area contributed by atoms with Crippen LogP contribution in [-0.2, 0) is 19.3 Å². The third-order valence-corrected chi connectivity index (χ3v) is 2.98. The van der Waals surface area contributed by atoms with Crippen LogP contribution in [0, 0.1) is 0 Å². The molecule has 0 aliphatic carbocycles. The highest BCUT2D eigenvalue weighted by molar-refractivity contribution is 5.94. The molecule has 21 heavy (non-hydrogen) atoms. The number of aryl methyl sites for hydroxylation is 2. The molecule has 0 aliphatic rings. The van der Waals surface area contributed by atoms with Crippen LogP contribution in [-0.4, -0.2) is 32.6 Å². The van der Waals surface area contributed by atoms with Crippen molar-refractivity contribution in [1.29, 1.82) is 0 Å². The van der Waals surface area contributed by atoms with Crippen molar-refractivity contribution in [3.63, 3.8) is 0 Å². The highest BCUT2D eigenvalue weighted by Crippen LogP contribution is 2.06. The Balaban J connectivity index is 1.89. The fourth-order valence-corrected chi connectivity index (χ4v) is 1.89. The molecule has 0 unspecified atom stereocenters. The van der Waals surface area contributed by atoms with Crippen molar-refractivity contribution in [2.75, 3.05) is 6.54 Å². The van der Waals surface area contributed by atoms with E-state index >= 15 is 0 Å². The van der Waals surface area contributed by atoms with Crippen molar-refractivity contribution < 1.29 is 9.32 Å². The summed E-state index contributed by atoms with van der Waals surface area (Å²) in [6, 6.07) is 0. The maximum absolute atomic E-state index is 12.1. The molecule has 0 saturated carbocycles. The second-order valence-electron chi connectivity index (χ2n) is 4.60. The van der Waals surface area contributed by atoms with Crippen LogP contribution < -0.4 is 5.32 Å². The number of rotatable bonds is 7. The van der Waals surface area contributed by atoms with Crippen LogP contribution in [0.4, 0.5) is 0 Å². The van der Waals surface area contributed by atoms with Gasteiger partial charge >= 0.3 is 0 Å². The molecular weight excluding hydrogens is 270 g/mol. The van der Waals surface area contributed by atoms with Gasteiger partial charge in [0.15, 0.2) is 5.82 Å². The first-order valence-corrected chi connectivity index (χ1v) is 7.13. The van der Waals surface area contributed by atoms with E-state index < -0.39 is 0 Å². The fourth-order valence-electron chi connectivity index (χ4n) is 1.89. The third kappa shape index (κ3) is 4.08. The molecule has 2 heterocycles. The van der Waals surface area contributed by atoms with E-state index in [4.69, 9.17) is 4.52 Å². The number of carbonyl (C=O) groups excluding carboxylic acids is 1. The molecule has 0 saturated heterocycles. The highest BCUT2D eigenvalue weighted by Gasteiger charge is 2.12. The van der Waals surface area contributed by atoms with Gasteiger partial charge in [-0.1, -0.05) is 25.4 Å². The summed E-state index contributed by atoms with van der Waals surface area (Å²) in [5, 5.41) is 6.64. The van der Waals surface area contributed by atoms with Crippen molar-refractivity contribution in [2.24, 2.45) is 0 Å². The monoisotopic (exact) mass is 289 g/mol. The Labute approximate surface area is 123 Å². The maximum Gasteiger partial charge on any atom is 0.254 e. The number of nitrogens with one attached hydrogen (secondary N) is 1.